The van der Waals surface area contributed by atoms with Crippen LogP contribution in [0.25, 0.3) is 11.1 Å². The van der Waals surface area contributed by atoms with E-state index in [0.29, 0.717) is 11.2 Å². The fourth-order valence-electron chi connectivity index (χ4n) is 1.86. The Labute approximate surface area is 119 Å². The Hall–Kier alpha value is -2.39. The Morgan fingerprint density at radius 1 is 1.38 bits per heavy atom. The van der Waals surface area contributed by atoms with Crippen LogP contribution >= 0.6 is 0 Å². The lowest BCUT2D eigenvalue weighted by Gasteiger charge is -2.05. The van der Waals surface area contributed by atoms with Crippen molar-refractivity contribution in [2.75, 3.05) is 0 Å². The normalized spacial score (nSPS) is 12.0. The maximum Gasteiger partial charge on any atom is 0.419 e. The van der Waals surface area contributed by atoms with Crippen LogP contribution < -0.4 is 10.5 Å². The Morgan fingerprint density at radius 3 is 2.90 bits per heavy atom. The standard InChI is InChI=1S/C12H11N3O5S/c1-15-10-3-2-9(4-11(10)20-12(15)16)21(17,18)14-5-8-6-19-7-13-8/h2-4,6-7,14H,5H2,1H3. The van der Waals surface area contributed by atoms with Gasteiger partial charge in [0.15, 0.2) is 12.0 Å². The number of hydrogen-bond acceptors (Lipinski definition) is 6. The fraction of sp³-hybridized carbons (Fsp3) is 0.167. The minimum Gasteiger partial charge on any atom is -0.451 e. The molecule has 3 rings (SSSR count). The first-order chi connectivity index (χ1) is 9.97. The zero-order valence-electron chi connectivity index (χ0n) is 10.9. The summed E-state index contributed by atoms with van der Waals surface area (Å²) in [7, 11) is -2.19. The van der Waals surface area contributed by atoms with Crippen LogP contribution in [0.5, 0.6) is 0 Å². The predicted octanol–water partition coefficient (Wildman–Crippen LogP) is 0.598. The Kier molecular flexibility index (Phi) is 3.15. The molecule has 0 aliphatic carbocycles. The number of benzene rings is 1. The summed E-state index contributed by atoms with van der Waals surface area (Å²) in [6.45, 7) is 0.00953. The van der Waals surface area contributed by atoms with Gasteiger partial charge in [-0.3, -0.25) is 4.57 Å². The highest BCUT2D eigenvalue weighted by molar-refractivity contribution is 7.89. The third kappa shape index (κ3) is 2.48. The maximum atomic E-state index is 12.2. The van der Waals surface area contributed by atoms with Gasteiger partial charge in [0.2, 0.25) is 10.0 Å². The fourth-order valence-corrected chi connectivity index (χ4v) is 2.87. The van der Waals surface area contributed by atoms with Crippen LogP contribution in [0.4, 0.5) is 0 Å². The number of hydrogen-bond donors (Lipinski definition) is 1. The number of rotatable bonds is 4. The Bertz CT molecular complexity index is 937. The van der Waals surface area contributed by atoms with E-state index in [4.69, 9.17) is 8.83 Å². The second-order valence-electron chi connectivity index (χ2n) is 4.36. The highest BCUT2D eigenvalue weighted by atomic mass is 32.2. The van der Waals surface area contributed by atoms with Gasteiger partial charge in [-0.2, -0.15) is 0 Å². The molecule has 0 saturated carbocycles. The summed E-state index contributed by atoms with van der Waals surface area (Å²) in [5.41, 5.74) is 1.20. The zero-order chi connectivity index (χ0) is 15.0. The highest BCUT2D eigenvalue weighted by Crippen LogP contribution is 2.18. The molecular formula is C12H11N3O5S. The molecule has 1 N–H and O–H groups in total. The van der Waals surface area contributed by atoms with E-state index in [0.717, 1.165) is 0 Å². The van der Waals surface area contributed by atoms with Crippen LogP contribution in [0.1, 0.15) is 5.69 Å². The molecule has 0 fully saturated rings. The van der Waals surface area contributed by atoms with E-state index < -0.39 is 15.8 Å². The van der Waals surface area contributed by atoms with E-state index in [2.05, 4.69) is 9.71 Å². The molecule has 110 valence electrons. The van der Waals surface area contributed by atoms with Crippen LogP contribution in [0.2, 0.25) is 0 Å². The minimum atomic E-state index is -3.73. The third-order valence-electron chi connectivity index (χ3n) is 3.00. The molecule has 21 heavy (non-hydrogen) atoms. The molecule has 0 saturated heterocycles. The summed E-state index contributed by atoms with van der Waals surface area (Å²) in [6, 6.07) is 4.23. The van der Waals surface area contributed by atoms with Crippen molar-refractivity contribution in [1.29, 1.82) is 0 Å². The molecule has 0 bridgehead atoms. The van der Waals surface area contributed by atoms with Crippen LogP contribution in [0.15, 0.2) is 49.4 Å². The lowest BCUT2D eigenvalue weighted by Crippen LogP contribution is -2.23. The van der Waals surface area contributed by atoms with Gasteiger partial charge in [-0.05, 0) is 12.1 Å². The van der Waals surface area contributed by atoms with Crippen molar-refractivity contribution in [3.05, 3.63) is 47.1 Å². The molecule has 8 nitrogen and oxygen atoms in total. The number of aryl methyl sites for hydroxylation is 1. The summed E-state index contributed by atoms with van der Waals surface area (Å²) in [5, 5.41) is 0. The van der Waals surface area contributed by atoms with Crippen molar-refractivity contribution >= 4 is 21.1 Å². The maximum absolute atomic E-state index is 12.2. The number of aromatic nitrogens is 2. The third-order valence-corrected chi connectivity index (χ3v) is 4.40. The largest absolute Gasteiger partial charge is 0.451 e. The van der Waals surface area contributed by atoms with E-state index in [-0.39, 0.29) is 17.0 Å². The van der Waals surface area contributed by atoms with Gasteiger partial charge in [-0.15, -0.1) is 0 Å². The van der Waals surface area contributed by atoms with Gasteiger partial charge in [0.1, 0.15) is 6.26 Å². The second kappa shape index (κ2) is 4.86. The van der Waals surface area contributed by atoms with Gasteiger partial charge >= 0.3 is 5.76 Å². The number of nitrogens with zero attached hydrogens (tertiary/aromatic N) is 2. The summed E-state index contributed by atoms with van der Waals surface area (Å²) in [6.07, 6.45) is 2.57. The van der Waals surface area contributed by atoms with Crippen molar-refractivity contribution in [2.45, 2.75) is 11.4 Å². The monoisotopic (exact) mass is 309 g/mol. The number of nitrogens with one attached hydrogen (secondary N) is 1. The summed E-state index contributed by atoms with van der Waals surface area (Å²) >= 11 is 0. The number of sulfonamides is 1. The topological polar surface area (TPSA) is 107 Å². The summed E-state index contributed by atoms with van der Waals surface area (Å²) < 4.78 is 37.8. The molecule has 2 heterocycles. The average molecular weight is 309 g/mol. The zero-order valence-corrected chi connectivity index (χ0v) is 11.8. The van der Waals surface area contributed by atoms with E-state index >= 15 is 0 Å². The van der Waals surface area contributed by atoms with Gasteiger partial charge in [-0.1, -0.05) is 0 Å². The minimum absolute atomic E-state index is 0.00726. The van der Waals surface area contributed by atoms with Gasteiger partial charge in [0, 0.05) is 13.1 Å². The van der Waals surface area contributed by atoms with Crippen molar-refractivity contribution < 1.29 is 17.3 Å². The number of fused-ring (bicyclic) bond motifs is 1. The van der Waals surface area contributed by atoms with Gasteiger partial charge in [0.25, 0.3) is 0 Å². The Balaban J connectivity index is 1.93. The van der Waals surface area contributed by atoms with Crippen molar-refractivity contribution in [3.8, 4) is 0 Å². The van der Waals surface area contributed by atoms with Crippen molar-refractivity contribution in [3.63, 3.8) is 0 Å². The highest BCUT2D eigenvalue weighted by Gasteiger charge is 2.17. The van der Waals surface area contributed by atoms with E-state index in [1.165, 1.54) is 35.4 Å². The van der Waals surface area contributed by atoms with Crippen LogP contribution in [-0.2, 0) is 23.6 Å². The molecule has 0 aliphatic rings. The summed E-state index contributed by atoms with van der Waals surface area (Å²) in [4.78, 5) is 15.2. The smallest absolute Gasteiger partial charge is 0.419 e. The van der Waals surface area contributed by atoms with Crippen LogP contribution in [0, 0.1) is 0 Å². The first-order valence-corrected chi connectivity index (χ1v) is 7.42. The molecule has 1 aromatic carbocycles. The van der Waals surface area contributed by atoms with E-state index in [9.17, 15) is 13.2 Å². The van der Waals surface area contributed by atoms with E-state index in [1.807, 2.05) is 0 Å². The SMILES string of the molecule is Cn1c(=O)oc2cc(S(=O)(=O)NCc3cocn3)ccc21. The average Bonchev–Trinajstić information content (AvgIpc) is 3.06. The summed E-state index contributed by atoms with van der Waals surface area (Å²) in [5.74, 6) is -0.546. The molecule has 0 spiro atoms. The molecule has 0 amide bonds. The number of oxazole rings is 2. The van der Waals surface area contributed by atoms with Crippen molar-refractivity contribution in [1.82, 2.24) is 14.3 Å². The molecule has 2 aromatic heterocycles. The van der Waals surface area contributed by atoms with Gasteiger partial charge < -0.3 is 8.83 Å². The van der Waals surface area contributed by atoms with Gasteiger partial charge in [0.05, 0.1) is 22.7 Å². The Morgan fingerprint density at radius 2 is 2.19 bits per heavy atom. The molecule has 0 unspecified atom stereocenters. The molecule has 0 radical (unpaired) electrons. The van der Waals surface area contributed by atoms with Crippen LogP contribution in [0.3, 0.4) is 0 Å². The molecule has 0 atom stereocenters. The molecule has 0 aliphatic heterocycles. The van der Waals surface area contributed by atoms with Crippen molar-refractivity contribution in [2.24, 2.45) is 7.05 Å². The van der Waals surface area contributed by atoms with E-state index in [1.54, 1.807) is 7.05 Å². The predicted molar refractivity (Wildman–Crippen MR) is 72.0 cm³/mol. The molecular weight excluding hydrogens is 298 g/mol. The quantitative estimate of drug-likeness (QED) is 0.756. The first kappa shape index (κ1) is 13.6. The first-order valence-electron chi connectivity index (χ1n) is 5.94. The second-order valence-corrected chi connectivity index (χ2v) is 6.13. The molecule has 3 aromatic rings. The van der Waals surface area contributed by atoms with Crippen LogP contribution in [-0.4, -0.2) is 18.0 Å². The molecule has 9 heteroatoms. The van der Waals surface area contributed by atoms with Gasteiger partial charge in [-0.25, -0.2) is 22.9 Å². The lowest BCUT2D eigenvalue weighted by atomic mass is 10.3. The lowest BCUT2D eigenvalue weighted by molar-refractivity contribution is 0.527.